The molecule has 2 aliphatic rings. The normalized spacial score (nSPS) is 30.9. The first-order chi connectivity index (χ1) is 11.3. The fraction of sp³-hybridized carbons (Fsp3) is 0.545. The van der Waals surface area contributed by atoms with Crippen LogP contribution in [0.2, 0.25) is 0 Å². The zero-order valence-electron chi connectivity index (χ0n) is 14.8. The van der Waals surface area contributed by atoms with Crippen molar-refractivity contribution in [2.24, 2.45) is 0 Å². The second-order valence-electron chi connectivity index (χ2n) is 6.99. The summed E-state index contributed by atoms with van der Waals surface area (Å²) >= 11 is 0. The van der Waals surface area contributed by atoms with E-state index in [1.807, 2.05) is 0 Å². The predicted molar refractivity (Wildman–Crippen MR) is 105 cm³/mol. The van der Waals surface area contributed by atoms with Crippen LogP contribution in [0.25, 0.3) is 5.57 Å². The highest BCUT2D eigenvalue weighted by Crippen LogP contribution is 2.65. The van der Waals surface area contributed by atoms with E-state index < -0.39 is 0 Å². The van der Waals surface area contributed by atoms with Gasteiger partial charge < -0.3 is 0 Å². The molecular formula is C22H31P. The average Bonchev–Trinajstić information content (AvgIpc) is 2.98. The Kier molecular flexibility index (Phi) is 6.12. The average molecular weight is 326 g/mol. The van der Waals surface area contributed by atoms with Crippen molar-refractivity contribution in [1.82, 2.24) is 0 Å². The zero-order chi connectivity index (χ0) is 16.1. The molecule has 3 rings (SSSR count). The van der Waals surface area contributed by atoms with Gasteiger partial charge >= 0.3 is 0 Å². The van der Waals surface area contributed by atoms with Gasteiger partial charge in [0.1, 0.15) is 0 Å². The van der Waals surface area contributed by atoms with Crippen LogP contribution in [-0.4, -0.2) is 11.3 Å². The zero-order valence-corrected chi connectivity index (χ0v) is 15.7. The van der Waals surface area contributed by atoms with Crippen LogP contribution in [0.3, 0.4) is 0 Å². The third-order valence-electron chi connectivity index (χ3n) is 5.60. The van der Waals surface area contributed by atoms with Crippen LogP contribution in [-0.2, 0) is 0 Å². The number of benzene rings is 1. The summed E-state index contributed by atoms with van der Waals surface area (Å²) in [4.78, 5) is 0. The van der Waals surface area contributed by atoms with E-state index in [1.165, 1.54) is 56.9 Å². The fourth-order valence-corrected chi connectivity index (χ4v) is 8.17. The highest BCUT2D eigenvalue weighted by Gasteiger charge is 2.36. The van der Waals surface area contributed by atoms with E-state index in [4.69, 9.17) is 0 Å². The van der Waals surface area contributed by atoms with Crippen LogP contribution < -0.4 is 0 Å². The Bertz CT molecular complexity index is 543. The van der Waals surface area contributed by atoms with Crippen molar-refractivity contribution in [2.75, 3.05) is 0 Å². The van der Waals surface area contributed by atoms with Gasteiger partial charge in [-0.25, -0.2) is 0 Å². The van der Waals surface area contributed by atoms with Crippen LogP contribution in [0.5, 0.6) is 0 Å². The minimum Gasteiger partial charge on any atom is -0.0839 e. The maximum absolute atomic E-state index is 2.55. The molecule has 0 aromatic heterocycles. The number of allylic oxidation sites excluding steroid dienone is 4. The molecular weight excluding hydrogens is 295 g/mol. The van der Waals surface area contributed by atoms with Crippen LogP contribution in [0.15, 0.2) is 47.8 Å². The van der Waals surface area contributed by atoms with Gasteiger partial charge in [-0.1, -0.05) is 64.3 Å². The third-order valence-corrected chi connectivity index (χ3v) is 9.39. The summed E-state index contributed by atoms with van der Waals surface area (Å²) < 4.78 is 0. The van der Waals surface area contributed by atoms with Gasteiger partial charge in [0.15, 0.2) is 0 Å². The van der Waals surface area contributed by atoms with Crippen LogP contribution in [0.4, 0.5) is 0 Å². The highest BCUT2D eigenvalue weighted by molar-refractivity contribution is 7.64. The quantitative estimate of drug-likeness (QED) is 0.507. The van der Waals surface area contributed by atoms with Crippen LogP contribution in [0.1, 0.15) is 70.8 Å². The first-order valence-corrected chi connectivity index (χ1v) is 11.1. The van der Waals surface area contributed by atoms with Gasteiger partial charge in [-0.3, -0.25) is 0 Å². The molecule has 124 valence electrons. The maximum Gasteiger partial charge on any atom is -0.0169 e. The topological polar surface area (TPSA) is 0 Å². The summed E-state index contributed by atoms with van der Waals surface area (Å²) in [6, 6.07) is 11.2. The first-order valence-electron chi connectivity index (χ1n) is 9.58. The van der Waals surface area contributed by atoms with E-state index in [1.54, 1.807) is 10.9 Å². The van der Waals surface area contributed by atoms with Crippen molar-refractivity contribution in [1.29, 1.82) is 0 Å². The standard InChI is InChI=1S/C22H31P/c1-3-19-16-17-20(4-2)23(19)22-15-11-6-5-10-14-21(22)18-12-8-7-9-13-18/h7-9,11-13,15,19-20H,3-6,10,14,16-17H2,1-2H3/b15-11-,22-21-/t19-,20-/m0/s1. The smallest absolute Gasteiger partial charge is 0.0169 e. The lowest BCUT2D eigenvalue weighted by molar-refractivity contribution is 0.696. The van der Waals surface area contributed by atoms with E-state index in [0.717, 1.165) is 11.3 Å². The molecule has 0 saturated carbocycles. The second-order valence-corrected chi connectivity index (χ2v) is 9.74. The van der Waals surface area contributed by atoms with Gasteiger partial charge in [-0.15, -0.1) is 0 Å². The Morgan fingerprint density at radius 2 is 1.65 bits per heavy atom. The van der Waals surface area contributed by atoms with Gasteiger partial charge in [0, 0.05) is 0 Å². The van der Waals surface area contributed by atoms with Crippen molar-refractivity contribution in [3.8, 4) is 0 Å². The molecule has 2 atom stereocenters. The molecule has 1 heterocycles. The second kappa shape index (κ2) is 8.29. The van der Waals surface area contributed by atoms with Crippen molar-refractivity contribution in [2.45, 2.75) is 76.5 Å². The molecule has 23 heavy (non-hydrogen) atoms. The first kappa shape index (κ1) is 17.0. The van der Waals surface area contributed by atoms with Crippen molar-refractivity contribution < 1.29 is 0 Å². The molecule has 0 N–H and O–H groups in total. The molecule has 1 fully saturated rings. The van der Waals surface area contributed by atoms with Crippen LogP contribution >= 0.6 is 7.92 Å². The maximum atomic E-state index is 2.55. The Morgan fingerprint density at radius 3 is 2.30 bits per heavy atom. The summed E-state index contributed by atoms with van der Waals surface area (Å²) in [5.41, 5.74) is 5.06. The molecule has 1 aliphatic carbocycles. The summed E-state index contributed by atoms with van der Waals surface area (Å²) in [6.07, 6.45) is 15.9. The minimum atomic E-state index is 0.0107. The molecule has 1 aliphatic heterocycles. The lowest BCUT2D eigenvalue weighted by atomic mass is 9.97. The largest absolute Gasteiger partial charge is 0.0839 e. The van der Waals surface area contributed by atoms with Gasteiger partial charge in [0.2, 0.25) is 0 Å². The molecule has 1 aromatic carbocycles. The molecule has 0 amide bonds. The molecule has 1 saturated heterocycles. The van der Waals surface area contributed by atoms with Gasteiger partial charge in [0.05, 0.1) is 0 Å². The number of hydrogen-bond acceptors (Lipinski definition) is 0. The Labute approximate surface area is 143 Å². The van der Waals surface area contributed by atoms with Crippen molar-refractivity contribution >= 4 is 13.5 Å². The molecule has 0 radical (unpaired) electrons. The van der Waals surface area contributed by atoms with Crippen LogP contribution in [0, 0.1) is 0 Å². The molecule has 0 bridgehead atoms. The SMILES string of the molecule is CC[C@H]1CC[C@H](CC)P1C1=C(\c2ccccc2)CCCC/C=C\1. The molecule has 1 heteroatoms. The lowest BCUT2D eigenvalue weighted by Crippen LogP contribution is -2.06. The van der Waals surface area contributed by atoms with E-state index in [2.05, 4.69) is 56.3 Å². The summed E-state index contributed by atoms with van der Waals surface area (Å²) in [5, 5.41) is 1.75. The Hall–Kier alpha value is -0.870. The predicted octanol–water partition coefficient (Wildman–Crippen LogP) is 7.36. The fourth-order valence-electron chi connectivity index (χ4n) is 4.32. The minimum absolute atomic E-state index is 0.0107. The monoisotopic (exact) mass is 326 g/mol. The third kappa shape index (κ3) is 3.80. The molecule has 0 unspecified atom stereocenters. The van der Waals surface area contributed by atoms with Gasteiger partial charge in [-0.05, 0) is 79.1 Å². The van der Waals surface area contributed by atoms with Gasteiger partial charge in [-0.2, -0.15) is 0 Å². The van der Waals surface area contributed by atoms with Gasteiger partial charge in [0.25, 0.3) is 0 Å². The summed E-state index contributed by atoms with van der Waals surface area (Å²) in [7, 11) is 0.0107. The molecule has 0 spiro atoms. The van der Waals surface area contributed by atoms with Crippen molar-refractivity contribution in [3.05, 3.63) is 53.4 Å². The molecule has 1 aromatic rings. The van der Waals surface area contributed by atoms with E-state index >= 15 is 0 Å². The van der Waals surface area contributed by atoms with E-state index in [0.29, 0.717) is 0 Å². The molecule has 0 nitrogen and oxygen atoms in total. The van der Waals surface area contributed by atoms with Crippen molar-refractivity contribution in [3.63, 3.8) is 0 Å². The summed E-state index contributed by atoms with van der Waals surface area (Å²) in [5.74, 6) is 0. The summed E-state index contributed by atoms with van der Waals surface area (Å²) in [6.45, 7) is 4.82. The van der Waals surface area contributed by atoms with E-state index in [-0.39, 0.29) is 7.92 Å². The van der Waals surface area contributed by atoms with E-state index in [9.17, 15) is 0 Å². The Morgan fingerprint density at radius 1 is 0.957 bits per heavy atom. The number of hydrogen-bond donors (Lipinski definition) is 0. The lowest BCUT2D eigenvalue weighted by Gasteiger charge is -2.29. The Balaban J connectivity index is 2.07. The highest BCUT2D eigenvalue weighted by atomic mass is 31.1. The number of rotatable bonds is 4.